The Balaban J connectivity index is 1.41. The molecular weight excluding hydrogens is 472 g/mol. The molecule has 0 aliphatic heterocycles. The maximum atomic E-state index is 6.16. The Kier molecular flexibility index (Phi) is 12.6. The van der Waals surface area contributed by atoms with Crippen LogP contribution in [0.3, 0.4) is 0 Å². The van der Waals surface area contributed by atoms with E-state index in [4.69, 9.17) is 27.5 Å². The monoisotopic (exact) mass is 508 g/mol. The van der Waals surface area contributed by atoms with Crippen molar-refractivity contribution >= 4 is 8.80 Å². The molecule has 0 N–H and O–H groups in total. The van der Waals surface area contributed by atoms with Crippen LogP contribution in [0.4, 0.5) is 0 Å². The van der Waals surface area contributed by atoms with Gasteiger partial charge in [0.1, 0.15) is 17.2 Å². The fraction of sp³-hybridized carbons (Fsp3) is 0.310. The van der Waals surface area contributed by atoms with E-state index in [-0.39, 0.29) is 0 Å². The standard InChI is InChI=1S/C29H36O6Si/c1-2-36(33-24-12-21-30-27-15-6-3-7-16-27,34-25-13-22-31-28-17-8-4-9-18-28)35-26-14-23-32-29-19-10-5-11-20-29/h2-11,15-20H,1,12-14,21-26H2. The van der Waals surface area contributed by atoms with Crippen molar-refractivity contribution in [1.82, 2.24) is 0 Å². The van der Waals surface area contributed by atoms with Crippen molar-refractivity contribution in [3.05, 3.63) is 103 Å². The largest absolute Gasteiger partial charge is 0.529 e. The highest BCUT2D eigenvalue weighted by Gasteiger charge is 2.37. The van der Waals surface area contributed by atoms with E-state index in [9.17, 15) is 0 Å². The first-order valence-corrected chi connectivity index (χ1v) is 14.2. The van der Waals surface area contributed by atoms with Gasteiger partial charge in [-0.05, 0) is 42.1 Å². The van der Waals surface area contributed by atoms with Crippen LogP contribution in [0.15, 0.2) is 103 Å². The number of para-hydroxylation sites is 3. The summed E-state index contributed by atoms with van der Waals surface area (Å²) >= 11 is 0. The van der Waals surface area contributed by atoms with Gasteiger partial charge in [0.15, 0.2) is 0 Å². The van der Waals surface area contributed by atoms with E-state index in [1.165, 1.54) is 0 Å². The molecule has 3 aromatic carbocycles. The van der Waals surface area contributed by atoms with E-state index < -0.39 is 8.80 Å². The lowest BCUT2D eigenvalue weighted by Gasteiger charge is -2.27. The molecule has 0 heterocycles. The zero-order valence-electron chi connectivity index (χ0n) is 20.8. The molecule has 0 amide bonds. The van der Waals surface area contributed by atoms with E-state index >= 15 is 0 Å². The Bertz CT molecular complexity index is 835. The van der Waals surface area contributed by atoms with Gasteiger partial charge >= 0.3 is 8.80 Å². The molecule has 6 nitrogen and oxygen atoms in total. The number of benzene rings is 3. The highest BCUT2D eigenvalue weighted by atomic mass is 28.4. The number of hydrogen-bond donors (Lipinski definition) is 0. The molecule has 0 fully saturated rings. The van der Waals surface area contributed by atoms with Crippen molar-refractivity contribution in [3.63, 3.8) is 0 Å². The Morgan fingerprint density at radius 1 is 0.472 bits per heavy atom. The molecule has 0 radical (unpaired) electrons. The maximum absolute atomic E-state index is 6.16. The van der Waals surface area contributed by atoms with Gasteiger partial charge in [-0.3, -0.25) is 0 Å². The first-order chi connectivity index (χ1) is 17.8. The highest BCUT2D eigenvalue weighted by Crippen LogP contribution is 2.15. The summed E-state index contributed by atoms with van der Waals surface area (Å²) in [5.74, 6) is 2.53. The first-order valence-electron chi connectivity index (χ1n) is 12.4. The van der Waals surface area contributed by atoms with E-state index in [2.05, 4.69) is 6.58 Å². The van der Waals surface area contributed by atoms with Gasteiger partial charge in [-0.25, -0.2) is 0 Å². The van der Waals surface area contributed by atoms with Crippen molar-refractivity contribution in [3.8, 4) is 17.2 Å². The Hall–Kier alpha value is -3.10. The van der Waals surface area contributed by atoms with Crippen LogP contribution in [-0.4, -0.2) is 48.4 Å². The number of ether oxygens (including phenoxy) is 3. The van der Waals surface area contributed by atoms with E-state index in [0.717, 1.165) is 17.2 Å². The molecule has 192 valence electrons. The smallest absolute Gasteiger partial charge is 0.494 e. The quantitative estimate of drug-likeness (QED) is 0.144. The van der Waals surface area contributed by atoms with Crippen LogP contribution in [0.1, 0.15) is 19.3 Å². The van der Waals surface area contributed by atoms with E-state index in [0.29, 0.717) is 58.9 Å². The molecule has 7 heteroatoms. The predicted octanol–water partition coefficient (Wildman–Crippen LogP) is 6.11. The maximum Gasteiger partial charge on any atom is 0.529 e. The minimum Gasteiger partial charge on any atom is -0.494 e. The molecule has 0 atom stereocenters. The van der Waals surface area contributed by atoms with E-state index in [1.807, 2.05) is 91.0 Å². The van der Waals surface area contributed by atoms with Crippen LogP contribution in [0.5, 0.6) is 17.2 Å². The molecule has 0 saturated heterocycles. The lowest BCUT2D eigenvalue weighted by molar-refractivity contribution is 0.0606. The summed E-state index contributed by atoms with van der Waals surface area (Å²) < 4.78 is 35.8. The third kappa shape index (κ3) is 10.7. The summed E-state index contributed by atoms with van der Waals surface area (Å²) in [6.07, 6.45) is 2.12. The highest BCUT2D eigenvalue weighted by molar-refractivity contribution is 6.66. The number of hydrogen-bond acceptors (Lipinski definition) is 6. The molecule has 0 bridgehead atoms. The third-order valence-corrected chi connectivity index (χ3v) is 7.38. The summed E-state index contributed by atoms with van der Waals surface area (Å²) in [6, 6.07) is 29.2. The molecule has 0 unspecified atom stereocenters. The second-order valence-corrected chi connectivity index (χ2v) is 10.4. The Morgan fingerprint density at radius 2 is 0.778 bits per heavy atom. The third-order valence-electron chi connectivity index (χ3n) is 5.06. The van der Waals surface area contributed by atoms with Crippen molar-refractivity contribution in [2.75, 3.05) is 39.6 Å². The van der Waals surface area contributed by atoms with Crippen molar-refractivity contribution in [1.29, 1.82) is 0 Å². The van der Waals surface area contributed by atoms with E-state index in [1.54, 1.807) is 5.70 Å². The van der Waals surface area contributed by atoms with Crippen LogP contribution < -0.4 is 14.2 Å². The zero-order valence-corrected chi connectivity index (χ0v) is 21.8. The minimum absolute atomic E-state index is 0.451. The van der Waals surface area contributed by atoms with Crippen molar-refractivity contribution in [2.45, 2.75) is 19.3 Å². The van der Waals surface area contributed by atoms with Crippen LogP contribution in [0.2, 0.25) is 0 Å². The molecule has 0 aliphatic rings. The molecule has 0 aliphatic carbocycles. The summed E-state index contributed by atoms with van der Waals surface area (Å²) in [6.45, 7) is 6.95. The molecule has 36 heavy (non-hydrogen) atoms. The summed E-state index contributed by atoms with van der Waals surface area (Å²) in [5, 5.41) is 0. The van der Waals surface area contributed by atoms with Gasteiger partial charge in [-0.1, -0.05) is 61.2 Å². The summed E-state index contributed by atoms with van der Waals surface area (Å²) in [7, 11) is -3.06. The number of rotatable bonds is 19. The van der Waals surface area contributed by atoms with Crippen LogP contribution in [-0.2, 0) is 13.3 Å². The fourth-order valence-corrected chi connectivity index (χ4v) is 5.13. The molecule has 3 aromatic rings. The van der Waals surface area contributed by atoms with Gasteiger partial charge < -0.3 is 27.5 Å². The van der Waals surface area contributed by atoms with Crippen LogP contribution in [0, 0.1) is 0 Å². The Morgan fingerprint density at radius 3 is 1.06 bits per heavy atom. The predicted molar refractivity (Wildman–Crippen MR) is 143 cm³/mol. The lowest BCUT2D eigenvalue weighted by Crippen LogP contribution is -2.45. The average molecular weight is 509 g/mol. The molecule has 0 saturated carbocycles. The minimum atomic E-state index is -3.06. The zero-order chi connectivity index (χ0) is 25.2. The van der Waals surface area contributed by atoms with Crippen molar-refractivity contribution in [2.24, 2.45) is 0 Å². The summed E-state index contributed by atoms with van der Waals surface area (Å²) in [5.41, 5.74) is 1.70. The van der Waals surface area contributed by atoms with Gasteiger partial charge in [0.2, 0.25) is 0 Å². The molecule has 0 aromatic heterocycles. The lowest BCUT2D eigenvalue weighted by atomic mass is 10.3. The first kappa shape index (κ1) is 27.5. The second-order valence-electron chi connectivity index (χ2n) is 7.90. The van der Waals surface area contributed by atoms with Crippen molar-refractivity contribution < 1.29 is 27.5 Å². The van der Waals surface area contributed by atoms with Gasteiger partial charge in [0.05, 0.1) is 19.8 Å². The fourth-order valence-electron chi connectivity index (χ4n) is 3.24. The van der Waals surface area contributed by atoms with Gasteiger partial charge in [0.25, 0.3) is 0 Å². The molecular formula is C29H36O6Si. The molecule has 0 spiro atoms. The summed E-state index contributed by atoms with van der Waals surface area (Å²) in [4.78, 5) is 0. The van der Waals surface area contributed by atoms with Crippen LogP contribution >= 0.6 is 0 Å². The van der Waals surface area contributed by atoms with Gasteiger partial charge in [-0.2, -0.15) is 0 Å². The Labute approximate surface area is 215 Å². The van der Waals surface area contributed by atoms with Crippen LogP contribution in [0.25, 0.3) is 0 Å². The van der Waals surface area contributed by atoms with Gasteiger partial charge in [0, 0.05) is 39.1 Å². The molecule has 3 rings (SSSR count). The average Bonchev–Trinajstić information content (AvgIpc) is 2.94. The topological polar surface area (TPSA) is 55.4 Å². The second kappa shape index (κ2) is 16.5. The normalized spacial score (nSPS) is 11.1. The van der Waals surface area contributed by atoms with Gasteiger partial charge in [-0.15, -0.1) is 0 Å². The SMILES string of the molecule is C=C[Si](OCCCOc1ccccc1)(OCCCOc1ccccc1)OCCCOc1ccccc1.